The molecular formula is C11H12BrFN2O3. The lowest BCUT2D eigenvalue weighted by atomic mass is 10.1. The molecule has 1 aromatic carbocycles. The summed E-state index contributed by atoms with van der Waals surface area (Å²) in [5, 5.41) is 13.9. The predicted octanol–water partition coefficient (Wildman–Crippen LogP) is 2.64. The Hall–Kier alpha value is -1.50. The van der Waals surface area contributed by atoms with Crippen LogP contribution in [0, 0.1) is 15.9 Å². The maximum Gasteiger partial charge on any atom is 0.273 e. The summed E-state index contributed by atoms with van der Waals surface area (Å²) in [5.74, 6) is -1.33. The Morgan fingerprint density at radius 2 is 2.22 bits per heavy atom. The van der Waals surface area contributed by atoms with Gasteiger partial charge in [-0.05, 0) is 19.4 Å². The summed E-state index contributed by atoms with van der Waals surface area (Å²) in [6.07, 6.45) is 0.711. The molecule has 0 saturated heterocycles. The number of non-ortho nitro benzene ring substituents is 1. The normalized spacial score (nSPS) is 11.9. The van der Waals surface area contributed by atoms with Crippen molar-refractivity contribution in [2.45, 2.75) is 19.4 Å². The molecule has 0 fully saturated rings. The van der Waals surface area contributed by atoms with E-state index in [1.54, 1.807) is 6.92 Å². The number of benzene rings is 1. The molecule has 0 aliphatic heterocycles. The van der Waals surface area contributed by atoms with Gasteiger partial charge in [-0.15, -0.1) is 0 Å². The molecule has 5 nitrogen and oxygen atoms in total. The number of carbonyl (C=O) groups excluding carboxylic acids is 1. The van der Waals surface area contributed by atoms with Crippen molar-refractivity contribution in [3.8, 4) is 0 Å². The summed E-state index contributed by atoms with van der Waals surface area (Å²) in [4.78, 5) is 21.6. The summed E-state index contributed by atoms with van der Waals surface area (Å²) in [6.45, 7) is 1.80. The minimum absolute atomic E-state index is 0.0527. The fourth-order valence-corrected chi connectivity index (χ4v) is 2.04. The van der Waals surface area contributed by atoms with Gasteiger partial charge in [-0.1, -0.05) is 15.9 Å². The van der Waals surface area contributed by atoms with Crippen molar-refractivity contribution in [1.82, 2.24) is 5.32 Å². The lowest BCUT2D eigenvalue weighted by Crippen LogP contribution is -2.32. The Kier molecular flexibility index (Phi) is 5.21. The highest BCUT2D eigenvalue weighted by atomic mass is 79.9. The minimum Gasteiger partial charge on any atom is -0.350 e. The molecule has 1 atom stereocenters. The van der Waals surface area contributed by atoms with Crippen LogP contribution in [0.4, 0.5) is 10.1 Å². The van der Waals surface area contributed by atoms with E-state index in [9.17, 15) is 19.3 Å². The number of rotatable bonds is 5. The fraction of sp³-hybridized carbons (Fsp3) is 0.364. The highest BCUT2D eigenvalue weighted by Gasteiger charge is 2.15. The monoisotopic (exact) mass is 318 g/mol. The van der Waals surface area contributed by atoms with E-state index in [4.69, 9.17) is 0 Å². The molecule has 7 heteroatoms. The van der Waals surface area contributed by atoms with Gasteiger partial charge in [-0.2, -0.15) is 0 Å². The van der Waals surface area contributed by atoms with Crippen LogP contribution in [0.5, 0.6) is 0 Å². The van der Waals surface area contributed by atoms with Crippen molar-refractivity contribution in [3.05, 3.63) is 39.7 Å². The molecule has 0 radical (unpaired) electrons. The summed E-state index contributed by atoms with van der Waals surface area (Å²) in [5.41, 5.74) is -0.489. The molecule has 0 aliphatic rings. The van der Waals surface area contributed by atoms with Crippen LogP contribution in [0.25, 0.3) is 0 Å². The Morgan fingerprint density at radius 3 is 2.78 bits per heavy atom. The van der Waals surface area contributed by atoms with Gasteiger partial charge in [0.1, 0.15) is 5.82 Å². The largest absolute Gasteiger partial charge is 0.350 e. The lowest BCUT2D eigenvalue weighted by molar-refractivity contribution is -0.385. The Bertz CT molecular complexity index is 468. The maximum absolute atomic E-state index is 13.1. The number of amides is 1. The quantitative estimate of drug-likeness (QED) is 0.515. The third-order valence-electron chi connectivity index (χ3n) is 2.28. The van der Waals surface area contributed by atoms with Crippen LogP contribution < -0.4 is 5.32 Å². The second kappa shape index (κ2) is 6.44. The first-order valence-corrected chi connectivity index (χ1v) is 6.38. The molecule has 1 rings (SSSR count). The van der Waals surface area contributed by atoms with Crippen LogP contribution in [-0.2, 0) is 0 Å². The molecule has 98 valence electrons. The maximum atomic E-state index is 13.1. The number of nitrogens with zero attached hydrogens (tertiary/aromatic N) is 1. The summed E-state index contributed by atoms with van der Waals surface area (Å²) >= 11 is 3.24. The molecular weight excluding hydrogens is 307 g/mol. The first-order chi connectivity index (χ1) is 8.43. The molecule has 0 saturated carbocycles. The number of nitro benzene ring substituents is 1. The van der Waals surface area contributed by atoms with Crippen molar-refractivity contribution in [2.24, 2.45) is 0 Å². The molecule has 1 N–H and O–H groups in total. The fourth-order valence-electron chi connectivity index (χ4n) is 1.35. The minimum atomic E-state index is -0.803. The van der Waals surface area contributed by atoms with Gasteiger partial charge in [-0.25, -0.2) is 4.39 Å². The molecule has 18 heavy (non-hydrogen) atoms. The number of carbonyl (C=O) groups is 1. The Morgan fingerprint density at radius 1 is 1.56 bits per heavy atom. The number of hydrogen-bond donors (Lipinski definition) is 1. The van der Waals surface area contributed by atoms with E-state index >= 15 is 0 Å². The first kappa shape index (κ1) is 14.6. The third-order valence-corrected chi connectivity index (χ3v) is 2.73. The number of nitrogens with one attached hydrogen (secondary N) is 1. The number of alkyl halides is 1. The molecule has 1 aromatic rings. The predicted molar refractivity (Wildman–Crippen MR) is 68.4 cm³/mol. The van der Waals surface area contributed by atoms with Crippen LogP contribution >= 0.6 is 15.9 Å². The van der Waals surface area contributed by atoms with Crippen LogP contribution in [-0.4, -0.2) is 22.2 Å². The average Bonchev–Trinajstić information content (AvgIpc) is 2.28. The van der Waals surface area contributed by atoms with Crippen LogP contribution in [0.1, 0.15) is 23.7 Å². The number of hydrogen-bond acceptors (Lipinski definition) is 3. The summed E-state index contributed by atoms with van der Waals surface area (Å²) in [6, 6.07) is 2.71. The van der Waals surface area contributed by atoms with Crippen molar-refractivity contribution in [1.29, 1.82) is 0 Å². The van der Waals surface area contributed by atoms with Gasteiger partial charge in [-0.3, -0.25) is 14.9 Å². The molecule has 1 unspecified atom stereocenters. The Balaban J connectivity index is 2.88. The van der Waals surface area contributed by atoms with Gasteiger partial charge >= 0.3 is 0 Å². The molecule has 0 aliphatic carbocycles. The van der Waals surface area contributed by atoms with Crippen molar-refractivity contribution in [2.75, 3.05) is 5.33 Å². The summed E-state index contributed by atoms with van der Waals surface area (Å²) in [7, 11) is 0. The summed E-state index contributed by atoms with van der Waals surface area (Å²) < 4.78 is 13.1. The van der Waals surface area contributed by atoms with Gasteiger partial charge in [0.25, 0.3) is 11.6 Å². The van der Waals surface area contributed by atoms with Crippen molar-refractivity contribution < 1.29 is 14.1 Å². The third kappa shape index (κ3) is 4.06. The highest BCUT2D eigenvalue weighted by molar-refractivity contribution is 9.09. The molecule has 0 bridgehead atoms. The highest BCUT2D eigenvalue weighted by Crippen LogP contribution is 2.16. The van der Waals surface area contributed by atoms with E-state index in [0.717, 1.165) is 23.5 Å². The number of nitro groups is 1. The first-order valence-electron chi connectivity index (χ1n) is 5.26. The van der Waals surface area contributed by atoms with E-state index < -0.39 is 22.3 Å². The van der Waals surface area contributed by atoms with Crippen molar-refractivity contribution >= 4 is 27.5 Å². The smallest absolute Gasteiger partial charge is 0.273 e. The van der Waals surface area contributed by atoms with E-state index in [1.807, 2.05) is 0 Å². The zero-order chi connectivity index (χ0) is 13.7. The van der Waals surface area contributed by atoms with Gasteiger partial charge in [0.05, 0.1) is 11.0 Å². The zero-order valence-corrected chi connectivity index (χ0v) is 11.2. The van der Waals surface area contributed by atoms with Gasteiger partial charge in [0.2, 0.25) is 0 Å². The van der Waals surface area contributed by atoms with E-state index in [2.05, 4.69) is 21.2 Å². The van der Waals surface area contributed by atoms with Crippen LogP contribution in [0.3, 0.4) is 0 Å². The van der Waals surface area contributed by atoms with Gasteiger partial charge in [0.15, 0.2) is 0 Å². The Labute approximate surface area is 112 Å². The standard InChI is InChI=1S/C11H12BrFN2O3/c1-7(2-3-12)14-11(16)8-4-9(13)6-10(5-8)15(17)18/h4-7H,2-3H2,1H3,(H,14,16). The van der Waals surface area contributed by atoms with Crippen molar-refractivity contribution in [3.63, 3.8) is 0 Å². The topological polar surface area (TPSA) is 72.2 Å². The molecule has 1 amide bonds. The zero-order valence-electron chi connectivity index (χ0n) is 9.65. The van der Waals surface area contributed by atoms with E-state index in [-0.39, 0.29) is 11.6 Å². The van der Waals surface area contributed by atoms with E-state index in [1.165, 1.54) is 0 Å². The van der Waals surface area contributed by atoms with Crippen LogP contribution in [0.15, 0.2) is 18.2 Å². The molecule has 0 spiro atoms. The number of halogens is 2. The van der Waals surface area contributed by atoms with Gasteiger partial charge < -0.3 is 5.32 Å². The second-order valence-corrected chi connectivity index (χ2v) is 4.60. The lowest BCUT2D eigenvalue weighted by Gasteiger charge is -2.12. The van der Waals surface area contributed by atoms with Crippen LogP contribution in [0.2, 0.25) is 0 Å². The molecule has 0 aromatic heterocycles. The second-order valence-electron chi connectivity index (χ2n) is 3.81. The average molecular weight is 319 g/mol. The SMILES string of the molecule is CC(CCBr)NC(=O)c1cc(F)cc([N+](=O)[O-])c1. The molecule has 0 heterocycles. The van der Waals surface area contributed by atoms with E-state index in [0.29, 0.717) is 6.42 Å². The van der Waals surface area contributed by atoms with Gasteiger partial charge in [0, 0.05) is 23.0 Å².